The SMILES string of the molecule is CC/C=C\C/C=C\C/C=C\C/C=C\CCCCC(=O)OC(COC(C)=O)COP(=O)(O)OCC[N+](C)(C)C. The highest BCUT2D eigenvalue weighted by Gasteiger charge is 2.26. The highest BCUT2D eigenvalue weighted by Crippen LogP contribution is 2.43. The molecule has 0 amide bonds. The molecule has 0 heterocycles. The van der Waals surface area contributed by atoms with Gasteiger partial charge in [-0.1, -0.05) is 55.5 Å². The second-order valence-corrected chi connectivity index (χ2v) is 11.2. The van der Waals surface area contributed by atoms with Gasteiger partial charge in [-0.15, -0.1) is 0 Å². The number of rotatable bonds is 22. The largest absolute Gasteiger partial charge is 0.472 e. The Bertz CT molecular complexity index is 814. The van der Waals surface area contributed by atoms with Crippen molar-refractivity contribution in [2.75, 3.05) is 47.5 Å². The number of carbonyl (C=O) groups excluding carboxylic acids is 2. The van der Waals surface area contributed by atoms with Crippen LogP contribution in [0.5, 0.6) is 0 Å². The third kappa shape index (κ3) is 25.6. The van der Waals surface area contributed by atoms with Crippen LogP contribution >= 0.6 is 7.82 Å². The van der Waals surface area contributed by atoms with E-state index in [1.165, 1.54) is 6.92 Å². The molecular formula is C28H49NO8P+. The third-order valence-corrected chi connectivity index (χ3v) is 5.92. The van der Waals surface area contributed by atoms with Gasteiger partial charge in [0.05, 0.1) is 27.7 Å². The summed E-state index contributed by atoms with van der Waals surface area (Å²) in [5, 5.41) is 0. The van der Waals surface area contributed by atoms with Crippen molar-refractivity contribution in [3.8, 4) is 0 Å². The van der Waals surface area contributed by atoms with E-state index < -0.39 is 32.5 Å². The smallest absolute Gasteiger partial charge is 0.462 e. The fourth-order valence-corrected chi connectivity index (χ4v) is 3.59. The fraction of sp³-hybridized carbons (Fsp3) is 0.643. The van der Waals surface area contributed by atoms with Crippen molar-refractivity contribution < 1.29 is 42.1 Å². The molecule has 2 atom stereocenters. The molecule has 0 bridgehead atoms. The van der Waals surface area contributed by atoms with Crippen molar-refractivity contribution in [2.45, 2.75) is 71.3 Å². The summed E-state index contributed by atoms with van der Waals surface area (Å²) in [5.41, 5.74) is 0. The summed E-state index contributed by atoms with van der Waals surface area (Å²) in [6.07, 6.45) is 22.4. The molecule has 0 saturated heterocycles. The van der Waals surface area contributed by atoms with Crippen molar-refractivity contribution in [2.24, 2.45) is 0 Å². The maximum atomic E-state index is 12.2. The van der Waals surface area contributed by atoms with Crippen molar-refractivity contribution in [1.29, 1.82) is 0 Å². The van der Waals surface area contributed by atoms with Crippen molar-refractivity contribution >= 4 is 19.8 Å². The summed E-state index contributed by atoms with van der Waals surface area (Å²) in [4.78, 5) is 33.2. The Morgan fingerprint density at radius 3 is 2.00 bits per heavy atom. The zero-order chi connectivity index (χ0) is 28.7. The predicted molar refractivity (Wildman–Crippen MR) is 150 cm³/mol. The molecular weight excluding hydrogens is 509 g/mol. The lowest BCUT2D eigenvalue weighted by atomic mass is 10.2. The van der Waals surface area contributed by atoms with Gasteiger partial charge in [0.15, 0.2) is 6.10 Å². The van der Waals surface area contributed by atoms with Gasteiger partial charge in [0.2, 0.25) is 0 Å². The number of allylic oxidation sites excluding steroid dienone is 8. The average molecular weight is 559 g/mol. The number of phosphoric ester groups is 1. The molecule has 38 heavy (non-hydrogen) atoms. The van der Waals surface area contributed by atoms with Gasteiger partial charge in [-0.2, -0.15) is 0 Å². The van der Waals surface area contributed by atoms with Gasteiger partial charge in [-0.05, 0) is 44.9 Å². The van der Waals surface area contributed by atoms with E-state index in [9.17, 15) is 19.0 Å². The minimum atomic E-state index is -4.34. The maximum Gasteiger partial charge on any atom is 0.472 e. The number of unbranched alkanes of at least 4 members (excludes halogenated alkanes) is 2. The second-order valence-electron chi connectivity index (χ2n) is 9.77. The summed E-state index contributed by atoms with van der Waals surface area (Å²) >= 11 is 0. The van der Waals surface area contributed by atoms with Gasteiger partial charge in [0, 0.05) is 13.3 Å². The van der Waals surface area contributed by atoms with Gasteiger partial charge in [0.25, 0.3) is 0 Å². The van der Waals surface area contributed by atoms with Crippen LogP contribution < -0.4 is 0 Å². The highest BCUT2D eigenvalue weighted by molar-refractivity contribution is 7.47. The van der Waals surface area contributed by atoms with E-state index in [-0.39, 0.29) is 19.6 Å². The molecule has 9 nitrogen and oxygen atoms in total. The van der Waals surface area contributed by atoms with Crippen LogP contribution in [0.1, 0.15) is 65.2 Å². The summed E-state index contributed by atoms with van der Waals surface area (Å²) < 4.78 is 32.8. The first kappa shape index (κ1) is 36.0. The van der Waals surface area contributed by atoms with Gasteiger partial charge in [-0.25, -0.2) is 4.57 Å². The first-order chi connectivity index (χ1) is 17.9. The van der Waals surface area contributed by atoms with Gasteiger partial charge in [0.1, 0.15) is 19.8 Å². The lowest BCUT2D eigenvalue weighted by Crippen LogP contribution is -2.37. The monoisotopic (exact) mass is 558 g/mol. The topological polar surface area (TPSA) is 108 Å². The van der Waals surface area contributed by atoms with Gasteiger partial charge >= 0.3 is 19.8 Å². The molecule has 10 heteroatoms. The standard InChI is InChI=1S/C28H48NO8P/c1-6-7-8-9-10-11-12-13-14-15-16-17-18-19-20-21-28(31)37-27(24-34-26(2)30)25-36-38(32,33)35-23-22-29(3,4)5/h7-8,10-11,13-14,16-17,27H,6,9,12,15,18-25H2,1-5H3/p+1/b8-7-,11-10-,14-13-,17-16-. The molecule has 0 radical (unpaired) electrons. The number of hydrogen-bond acceptors (Lipinski definition) is 7. The molecule has 0 aromatic carbocycles. The minimum absolute atomic E-state index is 0.0188. The normalized spacial score (nSPS) is 15.0. The van der Waals surface area contributed by atoms with Gasteiger partial charge in [-0.3, -0.25) is 18.6 Å². The Hall–Kier alpha value is -2.03. The van der Waals surface area contributed by atoms with Crippen molar-refractivity contribution in [1.82, 2.24) is 0 Å². The van der Waals surface area contributed by atoms with Crippen LogP contribution in [0, 0.1) is 0 Å². The van der Waals surface area contributed by atoms with Crippen LogP contribution in [0.3, 0.4) is 0 Å². The zero-order valence-electron chi connectivity index (χ0n) is 23.9. The van der Waals surface area contributed by atoms with E-state index in [4.69, 9.17) is 18.5 Å². The van der Waals surface area contributed by atoms with E-state index in [1.807, 2.05) is 21.1 Å². The predicted octanol–water partition coefficient (Wildman–Crippen LogP) is 5.67. The first-order valence-corrected chi connectivity index (χ1v) is 14.8. The van der Waals surface area contributed by atoms with E-state index in [0.717, 1.165) is 38.5 Å². The van der Waals surface area contributed by atoms with Crippen LogP contribution in [0.15, 0.2) is 48.6 Å². The van der Waals surface area contributed by atoms with E-state index in [2.05, 4.69) is 55.5 Å². The number of carbonyl (C=O) groups is 2. The van der Waals surface area contributed by atoms with E-state index in [0.29, 0.717) is 17.4 Å². The number of quaternary nitrogens is 1. The van der Waals surface area contributed by atoms with Gasteiger partial charge < -0.3 is 18.9 Å². The Morgan fingerprint density at radius 2 is 1.45 bits per heavy atom. The third-order valence-electron chi connectivity index (χ3n) is 4.93. The quantitative estimate of drug-likeness (QED) is 0.0596. The molecule has 0 aliphatic carbocycles. The molecule has 218 valence electrons. The fourth-order valence-electron chi connectivity index (χ4n) is 2.85. The van der Waals surface area contributed by atoms with Crippen molar-refractivity contribution in [3.63, 3.8) is 0 Å². The summed E-state index contributed by atoms with van der Waals surface area (Å²) in [5.74, 6) is -1.05. The number of hydrogen-bond donors (Lipinski definition) is 1. The Kier molecular flexibility index (Phi) is 20.7. The average Bonchev–Trinajstić information content (AvgIpc) is 2.82. The molecule has 0 aliphatic rings. The summed E-state index contributed by atoms with van der Waals surface area (Å²) in [7, 11) is 1.42. The molecule has 2 unspecified atom stereocenters. The number of ether oxygens (including phenoxy) is 2. The molecule has 0 rings (SSSR count). The Morgan fingerprint density at radius 1 is 0.868 bits per heavy atom. The lowest BCUT2D eigenvalue weighted by molar-refractivity contribution is -0.870. The summed E-state index contributed by atoms with van der Waals surface area (Å²) in [6.45, 7) is 3.16. The zero-order valence-corrected chi connectivity index (χ0v) is 24.8. The molecule has 0 spiro atoms. The van der Waals surface area contributed by atoms with Crippen molar-refractivity contribution in [3.05, 3.63) is 48.6 Å². The van der Waals surface area contributed by atoms with E-state index in [1.54, 1.807) is 0 Å². The molecule has 0 saturated carbocycles. The van der Waals surface area contributed by atoms with Crippen LogP contribution in [0.2, 0.25) is 0 Å². The van der Waals surface area contributed by atoms with Crippen LogP contribution in [0.4, 0.5) is 0 Å². The van der Waals surface area contributed by atoms with E-state index >= 15 is 0 Å². The molecule has 0 aromatic heterocycles. The molecule has 0 aliphatic heterocycles. The summed E-state index contributed by atoms with van der Waals surface area (Å²) in [6, 6.07) is 0. The lowest BCUT2D eigenvalue weighted by Gasteiger charge is -2.24. The molecule has 0 fully saturated rings. The number of nitrogens with zero attached hydrogens (tertiary/aromatic N) is 1. The van der Waals surface area contributed by atoms with Crippen LogP contribution in [-0.2, 0) is 32.7 Å². The molecule has 0 aromatic rings. The van der Waals surface area contributed by atoms with Crippen LogP contribution in [-0.4, -0.2) is 74.9 Å². The Labute approximate surface area is 229 Å². The number of likely N-dealkylation sites (N-methyl/N-ethyl adjacent to an activating group) is 1. The molecule has 1 N–H and O–H groups in total. The minimum Gasteiger partial charge on any atom is -0.462 e. The number of esters is 2. The first-order valence-electron chi connectivity index (χ1n) is 13.3. The number of phosphoric acid groups is 1. The van der Waals surface area contributed by atoms with Crippen LogP contribution in [0.25, 0.3) is 0 Å². The highest BCUT2D eigenvalue weighted by atomic mass is 31.2. The second kappa shape index (κ2) is 21.9. The maximum absolute atomic E-state index is 12.2. The Balaban J connectivity index is 4.24.